The summed E-state index contributed by atoms with van der Waals surface area (Å²) in [7, 11) is 0. The summed E-state index contributed by atoms with van der Waals surface area (Å²) in [5.74, 6) is -3.57. The lowest BCUT2D eigenvalue weighted by atomic mass is 10.0. The number of fused-ring (bicyclic) bond motifs is 1. The molecule has 0 saturated carbocycles. The third-order valence-corrected chi connectivity index (χ3v) is 5.99. The van der Waals surface area contributed by atoms with Gasteiger partial charge in [0.2, 0.25) is 17.7 Å². The minimum atomic E-state index is -1.61. The summed E-state index contributed by atoms with van der Waals surface area (Å²) in [6, 6.07) is 9.35. The number of rotatable bonds is 12. The van der Waals surface area contributed by atoms with Crippen molar-refractivity contribution in [2.45, 2.75) is 44.0 Å². The SMILES string of the molecule is CC(O)C(NC(=O)C(Cc1ccc(O)cc1)NC(=O)C(Cc1c[nH]c2ccccc12)NC(=O)CN)C(=O)O. The number of carboxylic acid groups (broad SMARTS) is 1. The summed E-state index contributed by atoms with van der Waals surface area (Å²) in [6.07, 6.45) is 0.343. The average molecular weight is 526 g/mol. The number of para-hydroxylation sites is 1. The number of aromatic amines is 1. The summed E-state index contributed by atoms with van der Waals surface area (Å²) in [6.45, 7) is 0.857. The Kier molecular flexibility index (Phi) is 9.41. The Bertz CT molecular complexity index is 1290. The number of nitrogens with one attached hydrogen (secondary N) is 4. The summed E-state index contributed by atoms with van der Waals surface area (Å²) in [5.41, 5.74) is 7.60. The van der Waals surface area contributed by atoms with E-state index in [2.05, 4.69) is 20.9 Å². The number of aliphatic carboxylic acids is 1. The number of benzene rings is 2. The van der Waals surface area contributed by atoms with Crippen molar-refractivity contribution in [1.82, 2.24) is 20.9 Å². The van der Waals surface area contributed by atoms with Crippen molar-refractivity contribution in [2.24, 2.45) is 5.73 Å². The second-order valence-corrected chi connectivity index (χ2v) is 8.88. The molecule has 38 heavy (non-hydrogen) atoms. The molecule has 12 heteroatoms. The Labute approximate surface area is 218 Å². The molecule has 9 N–H and O–H groups in total. The van der Waals surface area contributed by atoms with Gasteiger partial charge in [-0.05, 0) is 36.2 Å². The van der Waals surface area contributed by atoms with E-state index >= 15 is 0 Å². The fourth-order valence-electron chi connectivity index (χ4n) is 3.97. The molecule has 3 aromatic rings. The molecule has 3 amide bonds. The molecule has 1 aromatic heterocycles. The maximum absolute atomic E-state index is 13.4. The molecular weight excluding hydrogens is 494 g/mol. The number of phenolic OH excluding ortho intramolecular Hbond substituents is 1. The van der Waals surface area contributed by atoms with Gasteiger partial charge >= 0.3 is 5.97 Å². The fraction of sp³-hybridized carbons (Fsp3) is 0.308. The van der Waals surface area contributed by atoms with E-state index in [0.717, 1.165) is 16.5 Å². The minimum Gasteiger partial charge on any atom is -0.508 e. The van der Waals surface area contributed by atoms with E-state index in [-0.39, 0.29) is 25.1 Å². The molecule has 202 valence electrons. The number of phenols is 1. The van der Waals surface area contributed by atoms with Crippen molar-refractivity contribution >= 4 is 34.6 Å². The molecule has 12 nitrogen and oxygen atoms in total. The van der Waals surface area contributed by atoms with Gasteiger partial charge in [0.25, 0.3) is 0 Å². The number of aromatic hydroxyl groups is 1. The highest BCUT2D eigenvalue weighted by Gasteiger charge is 2.32. The molecule has 0 aliphatic carbocycles. The molecule has 0 aliphatic rings. The van der Waals surface area contributed by atoms with E-state index in [1.807, 2.05) is 24.3 Å². The lowest BCUT2D eigenvalue weighted by Gasteiger charge is -2.25. The zero-order valence-corrected chi connectivity index (χ0v) is 20.7. The number of nitrogens with two attached hydrogens (primary N) is 1. The number of hydrogen-bond acceptors (Lipinski definition) is 7. The Morgan fingerprint density at radius 3 is 2.18 bits per heavy atom. The number of hydrogen-bond donors (Lipinski definition) is 8. The molecule has 4 unspecified atom stereocenters. The maximum atomic E-state index is 13.4. The Balaban J connectivity index is 1.87. The van der Waals surface area contributed by atoms with E-state index in [0.29, 0.717) is 5.56 Å². The van der Waals surface area contributed by atoms with Crippen molar-refractivity contribution in [3.63, 3.8) is 0 Å². The molecule has 4 atom stereocenters. The molecule has 0 fully saturated rings. The number of aliphatic hydroxyl groups excluding tert-OH is 1. The maximum Gasteiger partial charge on any atom is 0.328 e. The summed E-state index contributed by atoms with van der Waals surface area (Å²) < 4.78 is 0. The Hall–Kier alpha value is -4.42. The first-order valence-corrected chi connectivity index (χ1v) is 11.9. The van der Waals surface area contributed by atoms with Gasteiger partial charge in [-0.25, -0.2) is 4.79 Å². The largest absolute Gasteiger partial charge is 0.508 e. The Morgan fingerprint density at radius 2 is 1.55 bits per heavy atom. The first kappa shape index (κ1) is 28.2. The summed E-state index contributed by atoms with van der Waals surface area (Å²) >= 11 is 0. The number of aliphatic hydroxyl groups is 1. The van der Waals surface area contributed by atoms with Gasteiger partial charge in [-0.3, -0.25) is 14.4 Å². The highest BCUT2D eigenvalue weighted by Crippen LogP contribution is 2.19. The number of aromatic nitrogens is 1. The van der Waals surface area contributed by atoms with Crippen LogP contribution in [0.1, 0.15) is 18.1 Å². The molecular formula is C26H31N5O7. The van der Waals surface area contributed by atoms with E-state index in [9.17, 15) is 34.5 Å². The third-order valence-electron chi connectivity index (χ3n) is 5.99. The second kappa shape index (κ2) is 12.7. The molecule has 0 aliphatic heterocycles. The van der Waals surface area contributed by atoms with Crippen LogP contribution in [-0.4, -0.2) is 74.8 Å². The Morgan fingerprint density at radius 1 is 0.921 bits per heavy atom. The molecule has 0 bridgehead atoms. The smallest absolute Gasteiger partial charge is 0.328 e. The second-order valence-electron chi connectivity index (χ2n) is 8.88. The van der Waals surface area contributed by atoms with Crippen LogP contribution in [0.15, 0.2) is 54.7 Å². The van der Waals surface area contributed by atoms with Gasteiger partial charge in [-0.2, -0.15) is 0 Å². The van der Waals surface area contributed by atoms with Crippen LogP contribution in [0.2, 0.25) is 0 Å². The van der Waals surface area contributed by atoms with Crippen molar-refractivity contribution in [3.05, 3.63) is 65.9 Å². The standard InChI is InChI=1S/C26H31N5O7/c1-14(32)23(26(37)38)31-25(36)20(10-15-6-8-17(33)9-7-15)30-24(35)21(29-22(34)12-27)11-16-13-28-19-5-3-2-4-18(16)19/h2-9,13-14,20-21,23,28,32-33H,10-12,27H2,1H3,(H,29,34)(H,30,35)(H,31,36)(H,37,38). The van der Waals surface area contributed by atoms with Crippen LogP contribution in [0.4, 0.5) is 0 Å². The van der Waals surface area contributed by atoms with Crippen molar-refractivity contribution < 1.29 is 34.5 Å². The third kappa shape index (κ3) is 7.31. The fourth-order valence-corrected chi connectivity index (χ4v) is 3.97. The van der Waals surface area contributed by atoms with Crippen molar-refractivity contribution in [3.8, 4) is 5.75 Å². The average Bonchev–Trinajstić information content (AvgIpc) is 3.29. The van der Waals surface area contributed by atoms with Gasteiger partial charge in [-0.1, -0.05) is 30.3 Å². The number of carbonyl (C=O) groups excluding carboxylic acids is 3. The minimum absolute atomic E-state index is 0.00197. The van der Waals surface area contributed by atoms with Gasteiger partial charge in [0.05, 0.1) is 12.6 Å². The van der Waals surface area contributed by atoms with Crippen LogP contribution in [0.25, 0.3) is 10.9 Å². The highest BCUT2D eigenvalue weighted by atomic mass is 16.4. The predicted molar refractivity (Wildman–Crippen MR) is 138 cm³/mol. The molecule has 0 saturated heterocycles. The number of amides is 3. The zero-order chi connectivity index (χ0) is 27.8. The predicted octanol–water partition coefficient (Wildman–Crippen LogP) is -0.463. The lowest BCUT2D eigenvalue weighted by molar-refractivity contribution is -0.145. The van der Waals surface area contributed by atoms with E-state index in [1.54, 1.807) is 18.3 Å². The number of carboxylic acids is 1. The van der Waals surface area contributed by atoms with Crippen LogP contribution < -0.4 is 21.7 Å². The van der Waals surface area contributed by atoms with Crippen LogP contribution in [0.5, 0.6) is 5.75 Å². The first-order chi connectivity index (χ1) is 18.1. The van der Waals surface area contributed by atoms with Gasteiger partial charge in [0, 0.05) is 29.9 Å². The summed E-state index contributed by atoms with van der Waals surface area (Å²) in [4.78, 5) is 53.3. The van der Waals surface area contributed by atoms with Crippen LogP contribution in [0, 0.1) is 0 Å². The van der Waals surface area contributed by atoms with Crippen molar-refractivity contribution in [2.75, 3.05) is 6.54 Å². The van der Waals surface area contributed by atoms with E-state index in [1.165, 1.54) is 19.1 Å². The van der Waals surface area contributed by atoms with E-state index in [4.69, 9.17) is 5.73 Å². The molecule has 2 aromatic carbocycles. The van der Waals surface area contributed by atoms with Gasteiger partial charge < -0.3 is 42.0 Å². The van der Waals surface area contributed by atoms with Crippen LogP contribution in [0.3, 0.4) is 0 Å². The van der Waals surface area contributed by atoms with Gasteiger partial charge in [0.15, 0.2) is 6.04 Å². The topological polar surface area (TPSA) is 207 Å². The van der Waals surface area contributed by atoms with Gasteiger partial charge in [0.1, 0.15) is 17.8 Å². The molecule has 3 rings (SSSR count). The van der Waals surface area contributed by atoms with Crippen molar-refractivity contribution in [1.29, 1.82) is 0 Å². The monoisotopic (exact) mass is 525 g/mol. The highest BCUT2D eigenvalue weighted by molar-refractivity contribution is 5.94. The van der Waals surface area contributed by atoms with E-state index < -0.39 is 47.9 Å². The number of carbonyl (C=O) groups is 4. The lowest BCUT2D eigenvalue weighted by Crippen LogP contribution is -2.58. The normalized spacial score (nSPS) is 14.2. The van der Waals surface area contributed by atoms with Crippen LogP contribution >= 0.6 is 0 Å². The van der Waals surface area contributed by atoms with Gasteiger partial charge in [-0.15, -0.1) is 0 Å². The van der Waals surface area contributed by atoms with Crippen LogP contribution in [-0.2, 0) is 32.0 Å². The molecule has 1 heterocycles. The summed E-state index contributed by atoms with van der Waals surface area (Å²) in [5, 5.41) is 37.0. The zero-order valence-electron chi connectivity index (χ0n) is 20.7. The quantitative estimate of drug-likeness (QED) is 0.155. The molecule has 0 spiro atoms. The first-order valence-electron chi connectivity index (χ1n) is 11.9. The molecule has 0 radical (unpaired) electrons. The number of H-pyrrole nitrogens is 1.